The summed E-state index contributed by atoms with van der Waals surface area (Å²) in [6.07, 6.45) is 1.96. The van der Waals surface area contributed by atoms with E-state index in [1.54, 1.807) is 26.5 Å². The minimum Gasteiger partial charge on any atom is -0.493 e. The molecule has 1 fully saturated rings. The highest BCUT2D eigenvalue weighted by atomic mass is 16.5. The van der Waals surface area contributed by atoms with Gasteiger partial charge in [0.2, 0.25) is 0 Å². The molecule has 0 spiro atoms. The van der Waals surface area contributed by atoms with Gasteiger partial charge in [-0.15, -0.1) is 0 Å². The van der Waals surface area contributed by atoms with E-state index < -0.39 is 0 Å². The molecule has 6 heteroatoms. The molecule has 0 aromatic carbocycles. The van der Waals surface area contributed by atoms with Crippen LogP contribution >= 0.6 is 0 Å². The van der Waals surface area contributed by atoms with E-state index >= 15 is 0 Å². The fourth-order valence-corrected chi connectivity index (χ4v) is 2.52. The highest BCUT2D eigenvalue weighted by Crippen LogP contribution is 2.28. The summed E-state index contributed by atoms with van der Waals surface area (Å²) < 4.78 is 16.4. The Kier molecular flexibility index (Phi) is 6.22. The molecule has 0 saturated carbocycles. The van der Waals surface area contributed by atoms with Crippen LogP contribution in [0.3, 0.4) is 0 Å². The Labute approximate surface area is 126 Å². The van der Waals surface area contributed by atoms with Gasteiger partial charge in [0.05, 0.1) is 32.6 Å². The Morgan fingerprint density at radius 3 is 3.00 bits per heavy atom. The summed E-state index contributed by atoms with van der Waals surface area (Å²) >= 11 is 0. The second-order valence-corrected chi connectivity index (χ2v) is 5.01. The number of nitrogens with zero attached hydrogens (tertiary/aromatic N) is 2. The third-order valence-electron chi connectivity index (χ3n) is 3.70. The van der Waals surface area contributed by atoms with Crippen molar-refractivity contribution < 1.29 is 14.2 Å². The number of aromatic nitrogens is 1. The Balaban J connectivity index is 1.86. The number of morpholine rings is 1. The number of pyridine rings is 1. The van der Waals surface area contributed by atoms with Gasteiger partial charge in [-0.25, -0.2) is 0 Å². The molecular weight excluding hydrogens is 270 g/mol. The van der Waals surface area contributed by atoms with Crippen LogP contribution in [0.15, 0.2) is 12.3 Å². The summed E-state index contributed by atoms with van der Waals surface area (Å²) in [6, 6.07) is 1.80. The summed E-state index contributed by atoms with van der Waals surface area (Å²) in [4.78, 5) is 6.76. The first-order chi connectivity index (χ1) is 10.3. The number of methoxy groups -OCH3 is 2. The number of nitrogens with one attached hydrogen (secondary N) is 1. The van der Waals surface area contributed by atoms with Gasteiger partial charge in [0.1, 0.15) is 0 Å². The monoisotopic (exact) mass is 295 g/mol. The van der Waals surface area contributed by atoms with Gasteiger partial charge in [0.15, 0.2) is 11.5 Å². The molecule has 2 heterocycles. The van der Waals surface area contributed by atoms with Crippen molar-refractivity contribution in [3.63, 3.8) is 0 Å². The van der Waals surface area contributed by atoms with Crippen molar-refractivity contribution in [2.75, 3.05) is 47.0 Å². The van der Waals surface area contributed by atoms with Crippen molar-refractivity contribution in [3.8, 4) is 11.5 Å². The SMILES string of the molecule is CCN1CCOC(CNCc2nccc(OC)c2OC)C1. The lowest BCUT2D eigenvalue weighted by Gasteiger charge is -2.32. The first-order valence-electron chi connectivity index (χ1n) is 7.39. The quantitative estimate of drug-likeness (QED) is 0.807. The van der Waals surface area contributed by atoms with Gasteiger partial charge in [-0.2, -0.15) is 0 Å². The van der Waals surface area contributed by atoms with Crippen LogP contribution in [0.25, 0.3) is 0 Å². The lowest BCUT2D eigenvalue weighted by molar-refractivity contribution is -0.0254. The molecule has 0 amide bonds. The molecule has 1 unspecified atom stereocenters. The predicted octanol–water partition coefficient (Wildman–Crippen LogP) is 0.909. The molecule has 1 N–H and O–H groups in total. The molecule has 1 aliphatic rings. The topological polar surface area (TPSA) is 55.9 Å². The molecule has 1 aromatic heterocycles. The van der Waals surface area contributed by atoms with E-state index in [0.717, 1.165) is 38.5 Å². The van der Waals surface area contributed by atoms with Crippen LogP contribution in [0.5, 0.6) is 11.5 Å². The van der Waals surface area contributed by atoms with Crippen molar-refractivity contribution in [3.05, 3.63) is 18.0 Å². The van der Waals surface area contributed by atoms with Crippen LogP contribution in [0.1, 0.15) is 12.6 Å². The van der Waals surface area contributed by atoms with E-state index in [2.05, 4.69) is 22.1 Å². The normalized spacial score (nSPS) is 19.5. The molecular formula is C15H25N3O3. The van der Waals surface area contributed by atoms with E-state index in [-0.39, 0.29) is 6.10 Å². The second kappa shape index (κ2) is 8.17. The van der Waals surface area contributed by atoms with E-state index in [1.807, 2.05) is 0 Å². The zero-order chi connectivity index (χ0) is 15.1. The average Bonchev–Trinajstić information content (AvgIpc) is 2.54. The van der Waals surface area contributed by atoms with Crippen molar-refractivity contribution in [2.24, 2.45) is 0 Å². The number of ether oxygens (including phenoxy) is 3. The van der Waals surface area contributed by atoms with E-state index in [9.17, 15) is 0 Å². The van der Waals surface area contributed by atoms with Crippen LogP contribution in [0, 0.1) is 0 Å². The van der Waals surface area contributed by atoms with Gasteiger partial charge >= 0.3 is 0 Å². The number of rotatable bonds is 7. The van der Waals surface area contributed by atoms with Crippen molar-refractivity contribution in [1.29, 1.82) is 0 Å². The maximum absolute atomic E-state index is 5.77. The summed E-state index contributed by atoms with van der Waals surface area (Å²) in [7, 11) is 3.26. The number of hydrogen-bond donors (Lipinski definition) is 1. The molecule has 21 heavy (non-hydrogen) atoms. The van der Waals surface area contributed by atoms with Crippen molar-refractivity contribution in [2.45, 2.75) is 19.6 Å². The molecule has 2 rings (SSSR count). The molecule has 0 bridgehead atoms. The second-order valence-electron chi connectivity index (χ2n) is 5.01. The Morgan fingerprint density at radius 1 is 1.43 bits per heavy atom. The van der Waals surface area contributed by atoms with E-state index in [1.165, 1.54) is 0 Å². The van der Waals surface area contributed by atoms with Crippen molar-refractivity contribution in [1.82, 2.24) is 15.2 Å². The van der Waals surface area contributed by atoms with Gasteiger partial charge < -0.3 is 19.5 Å². The maximum Gasteiger partial charge on any atom is 0.183 e. The Hall–Kier alpha value is -1.37. The zero-order valence-corrected chi connectivity index (χ0v) is 13.1. The Bertz CT molecular complexity index is 442. The van der Waals surface area contributed by atoms with Crippen LogP contribution in [0.2, 0.25) is 0 Å². The van der Waals surface area contributed by atoms with Gasteiger partial charge in [-0.05, 0) is 6.54 Å². The fourth-order valence-electron chi connectivity index (χ4n) is 2.52. The minimum atomic E-state index is 0.232. The molecule has 1 aliphatic heterocycles. The lowest BCUT2D eigenvalue weighted by atomic mass is 10.2. The van der Waals surface area contributed by atoms with Crippen LogP contribution in [0.4, 0.5) is 0 Å². The van der Waals surface area contributed by atoms with Crippen LogP contribution < -0.4 is 14.8 Å². The van der Waals surface area contributed by atoms with Crippen LogP contribution in [-0.2, 0) is 11.3 Å². The smallest absolute Gasteiger partial charge is 0.183 e. The highest BCUT2D eigenvalue weighted by molar-refractivity contribution is 5.42. The minimum absolute atomic E-state index is 0.232. The number of likely N-dealkylation sites (N-methyl/N-ethyl adjacent to an activating group) is 1. The summed E-state index contributed by atoms with van der Waals surface area (Å²) in [5.74, 6) is 1.39. The van der Waals surface area contributed by atoms with Crippen LogP contribution in [-0.4, -0.2) is 63.0 Å². The summed E-state index contributed by atoms with van der Waals surface area (Å²) in [6.45, 7) is 7.50. The third kappa shape index (κ3) is 4.30. The average molecular weight is 295 g/mol. The molecule has 1 atom stereocenters. The lowest BCUT2D eigenvalue weighted by Crippen LogP contribution is -2.46. The summed E-state index contributed by atoms with van der Waals surface area (Å²) in [5.41, 5.74) is 0.847. The summed E-state index contributed by atoms with van der Waals surface area (Å²) in [5, 5.41) is 3.39. The maximum atomic E-state index is 5.77. The highest BCUT2D eigenvalue weighted by Gasteiger charge is 2.19. The molecule has 1 saturated heterocycles. The van der Waals surface area contributed by atoms with Gasteiger partial charge in [-0.1, -0.05) is 6.92 Å². The zero-order valence-electron chi connectivity index (χ0n) is 13.1. The first-order valence-corrected chi connectivity index (χ1v) is 7.39. The van der Waals surface area contributed by atoms with Crippen molar-refractivity contribution >= 4 is 0 Å². The fraction of sp³-hybridized carbons (Fsp3) is 0.667. The van der Waals surface area contributed by atoms with E-state index in [0.29, 0.717) is 18.0 Å². The third-order valence-corrected chi connectivity index (χ3v) is 3.70. The molecule has 6 nitrogen and oxygen atoms in total. The standard InChI is InChI=1S/C15H25N3O3/c1-4-18-7-8-21-12(11-18)9-16-10-13-15(20-3)14(19-2)5-6-17-13/h5-6,12,16H,4,7-11H2,1-3H3. The van der Waals surface area contributed by atoms with E-state index in [4.69, 9.17) is 14.2 Å². The van der Waals surface area contributed by atoms with Gasteiger partial charge in [0.25, 0.3) is 0 Å². The Morgan fingerprint density at radius 2 is 2.29 bits per heavy atom. The largest absolute Gasteiger partial charge is 0.493 e. The van der Waals surface area contributed by atoms with Gasteiger partial charge in [0, 0.05) is 38.4 Å². The predicted molar refractivity (Wildman–Crippen MR) is 80.9 cm³/mol. The first kappa shape index (κ1) is 16.0. The van der Waals surface area contributed by atoms with Gasteiger partial charge in [-0.3, -0.25) is 9.88 Å². The molecule has 1 aromatic rings. The molecule has 118 valence electrons. The molecule has 0 aliphatic carbocycles. The number of hydrogen-bond acceptors (Lipinski definition) is 6. The molecule has 0 radical (unpaired) electrons.